The summed E-state index contributed by atoms with van der Waals surface area (Å²) in [6, 6.07) is 8.23. The highest BCUT2D eigenvalue weighted by molar-refractivity contribution is 5.73. The quantitative estimate of drug-likeness (QED) is 0.278. The molecular formula is C23H14F8O. The molecule has 0 atom stereocenters. The molecule has 0 aliphatic rings. The zero-order valence-corrected chi connectivity index (χ0v) is 16.3. The summed E-state index contributed by atoms with van der Waals surface area (Å²) in [7, 11) is 0. The van der Waals surface area contributed by atoms with Crippen LogP contribution >= 0.6 is 0 Å². The normalized spacial score (nSPS) is 12.5. The van der Waals surface area contributed by atoms with Gasteiger partial charge in [-0.2, -0.15) is 22.0 Å². The Balaban J connectivity index is 1.93. The van der Waals surface area contributed by atoms with Crippen LogP contribution in [0, 0.1) is 17.5 Å². The highest BCUT2D eigenvalue weighted by Crippen LogP contribution is 2.37. The molecule has 0 bridgehead atoms. The summed E-state index contributed by atoms with van der Waals surface area (Å²) in [5.41, 5.74) is -2.18. The largest absolute Gasteiger partial charge is 0.469 e. The molecule has 3 rings (SSSR count). The highest BCUT2D eigenvalue weighted by atomic mass is 19.4. The molecule has 0 unspecified atom stereocenters. The second-order valence-electron chi connectivity index (χ2n) is 6.61. The van der Waals surface area contributed by atoms with Crippen LogP contribution in [-0.4, -0.2) is 6.61 Å². The Hall–Kier alpha value is -3.36. The molecule has 32 heavy (non-hydrogen) atoms. The number of alkyl halides is 3. The number of benzene rings is 3. The minimum absolute atomic E-state index is 0.0598. The lowest BCUT2D eigenvalue weighted by molar-refractivity contribution is -0.142. The van der Waals surface area contributed by atoms with E-state index in [9.17, 15) is 35.1 Å². The van der Waals surface area contributed by atoms with Gasteiger partial charge in [-0.3, -0.25) is 0 Å². The van der Waals surface area contributed by atoms with E-state index in [-0.39, 0.29) is 17.7 Å². The predicted octanol–water partition coefficient (Wildman–Crippen LogP) is 8.06. The van der Waals surface area contributed by atoms with Crippen LogP contribution in [0.5, 0.6) is 0 Å². The van der Waals surface area contributed by atoms with Crippen LogP contribution in [0.3, 0.4) is 0 Å². The first-order valence-corrected chi connectivity index (χ1v) is 9.18. The Kier molecular flexibility index (Phi) is 6.57. The number of hydrogen-bond donors (Lipinski definition) is 0. The second kappa shape index (κ2) is 9.02. The summed E-state index contributed by atoms with van der Waals surface area (Å²) in [6.07, 6.45) is -5.23. The van der Waals surface area contributed by atoms with Crippen molar-refractivity contribution in [2.75, 3.05) is 6.61 Å². The van der Waals surface area contributed by atoms with E-state index in [4.69, 9.17) is 0 Å². The first-order chi connectivity index (χ1) is 15.0. The van der Waals surface area contributed by atoms with Crippen LogP contribution in [0.15, 0.2) is 60.6 Å². The fourth-order valence-corrected chi connectivity index (χ4v) is 3.04. The monoisotopic (exact) mass is 458 g/mol. The molecule has 168 valence electrons. The average molecular weight is 458 g/mol. The van der Waals surface area contributed by atoms with Gasteiger partial charge >= 0.3 is 12.2 Å². The lowest BCUT2D eigenvalue weighted by Gasteiger charge is -2.12. The maximum absolute atomic E-state index is 14.6. The fraction of sp³-hybridized carbons (Fsp3) is 0.130. The number of halogens is 8. The highest BCUT2D eigenvalue weighted by Gasteiger charge is 2.38. The molecule has 9 heteroatoms. The van der Waals surface area contributed by atoms with Crippen molar-refractivity contribution in [2.24, 2.45) is 0 Å². The van der Waals surface area contributed by atoms with Crippen molar-refractivity contribution in [3.8, 4) is 22.3 Å². The Bertz CT molecular complexity index is 1140. The molecule has 1 nitrogen and oxygen atoms in total. The molecule has 0 N–H and O–H groups in total. The molecule has 0 heterocycles. The van der Waals surface area contributed by atoms with Crippen molar-refractivity contribution in [3.63, 3.8) is 0 Å². The van der Waals surface area contributed by atoms with Crippen LogP contribution in [0.1, 0.15) is 18.1 Å². The topological polar surface area (TPSA) is 9.23 Å². The first-order valence-electron chi connectivity index (χ1n) is 9.18. The SMILES string of the molecule is CCOC(F)=C(F)c1ccc(-c2ccc(-c3cc(F)c(C(F)(F)F)c(F)c3)c(F)c2)cc1. The summed E-state index contributed by atoms with van der Waals surface area (Å²) >= 11 is 0. The van der Waals surface area contributed by atoms with Crippen LogP contribution in [0.25, 0.3) is 28.1 Å². The van der Waals surface area contributed by atoms with Crippen molar-refractivity contribution in [1.29, 1.82) is 0 Å². The van der Waals surface area contributed by atoms with Gasteiger partial charge in [-0.05, 0) is 41.8 Å². The first kappa shape index (κ1) is 23.3. The molecule has 0 aliphatic carbocycles. The molecule has 0 saturated heterocycles. The number of ether oxygens (including phenoxy) is 1. The molecule has 0 amide bonds. The van der Waals surface area contributed by atoms with Gasteiger partial charge in [-0.15, -0.1) is 0 Å². The average Bonchev–Trinajstić information content (AvgIpc) is 2.71. The maximum atomic E-state index is 14.6. The molecule has 3 aromatic carbocycles. The lowest BCUT2D eigenvalue weighted by Crippen LogP contribution is -2.11. The zero-order valence-electron chi connectivity index (χ0n) is 16.3. The van der Waals surface area contributed by atoms with Crippen molar-refractivity contribution in [3.05, 3.63) is 89.2 Å². The Labute approximate surface area is 177 Å². The van der Waals surface area contributed by atoms with E-state index >= 15 is 0 Å². The molecular weight excluding hydrogens is 444 g/mol. The molecule has 0 spiro atoms. The lowest BCUT2D eigenvalue weighted by atomic mass is 9.97. The van der Waals surface area contributed by atoms with Crippen molar-refractivity contribution < 1.29 is 39.9 Å². The van der Waals surface area contributed by atoms with Gasteiger partial charge in [0.05, 0.1) is 6.61 Å². The van der Waals surface area contributed by atoms with Gasteiger partial charge < -0.3 is 4.74 Å². The minimum Gasteiger partial charge on any atom is -0.469 e. The summed E-state index contributed by atoms with van der Waals surface area (Å²) in [6.45, 7) is 1.43. The van der Waals surface area contributed by atoms with Crippen molar-refractivity contribution >= 4 is 5.83 Å². The zero-order chi connectivity index (χ0) is 23.6. The van der Waals surface area contributed by atoms with E-state index in [1.54, 1.807) is 0 Å². The van der Waals surface area contributed by atoms with Crippen LogP contribution in [0.2, 0.25) is 0 Å². The molecule has 0 aromatic heterocycles. The van der Waals surface area contributed by atoms with Crippen molar-refractivity contribution in [1.82, 2.24) is 0 Å². The summed E-state index contributed by atoms with van der Waals surface area (Å²) < 4.78 is 112. The predicted molar refractivity (Wildman–Crippen MR) is 103 cm³/mol. The standard InChI is InChI=1S/C23H14F8O/c1-2-32-22(28)21(27)13-5-3-12(4-6-13)14-7-8-16(17(24)9-14)15-10-18(25)20(19(26)11-15)23(29,30)31/h3-11H,2H2,1H3. The van der Waals surface area contributed by atoms with E-state index in [0.29, 0.717) is 23.3 Å². The van der Waals surface area contributed by atoms with Gasteiger partial charge in [0.1, 0.15) is 23.0 Å². The molecule has 0 fully saturated rings. The van der Waals surface area contributed by atoms with E-state index in [1.807, 2.05) is 0 Å². The molecule has 0 aliphatic heterocycles. The van der Waals surface area contributed by atoms with Gasteiger partial charge in [-0.25, -0.2) is 13.2 Å². The third kappa shape index (κ3) is 4.76. The van der Waals surface area contributed by atoms with Gasteiger partial charge in [0.2, 0.25) is 5.83 Å². The third-order valence-corrected chi connectivity index (χ3v) is 4.52. The molecule has 0 radical (unpaired) electrons. The van der Waals surface area contributed by atoms with Crippen LogP contribution in [0.4, 0.5) is 35.1 Å². The van der Waals surface area contributed by atoms with Gasteiger partial charge in [0.15, 0.2) is 0 Å². The van der Waals surface area contributed by atoms with Crippen molar-refractivity contribution in [2.45, 2.75) is 13.1 Å². The Morgan fingerprint density at radius 3 is 1.78 bits per heavy atom. The Morgan fingerprint density at radius 1 is 0.750 bits per heavy atom. The summed E-state index contributed by atoms with van der Waals surface area (Å²) in [5, 5.41) is 0. The summed E-state index contributed by atoms with van der Waals surface area (Å²) in [5.74, 6) is -5.87. The maximum Gasteiger partial charge on any atom is 0.422 e. The van der Waals surface area contributed by atoms with E-state index in [0.717, 1.165) is 12.1 Å². The smallest absolute Gasteiger partial charge is 0.422 e. The molecule has 3 aromatic rings. The van der Waals surface area contributed by atoms with Gasteiger partial charge in [0.25, 0.3) is 0 Å². The van der Waals surface area contributed by atoms with Gasteiger partial charge in [-0.1, -0.05) is 36.4 Å². The van der Waals surface area contributed by atoms with Gasteiger partial charge in [0, 0.05) is 11.1 Å². The number of rotatable bonds is 5. The van der Waals surface area contributed by atoms with E-state index in [2.05, 4.69) is 4.74 Å². The van der Waals surface area contributed by atoms with E-state index in [1.165, 1.54) is 37.3 Å². The Morgan fingerprint density at radius 2 is 1.28 bits per heavy atom. The minimum atomic E-state index is -5.23. The van der Waals surface area contributed by atoms with E-state index < -0.39 is 46.6 Å². The summed E-state index contributed by atoms with van der Waals surface area (Å²) in [4.78, 5) is 0. The van der Waals surface area contributed by atoms with Crippen LogP contribution in [-0.2, 0) is 10.9 Å². The third-order valence-electron chi connectivity index (χ3n) is 4.52. The fourth-order valence-electron chi connectivity index (χ4n) is 3.04. The molecule has 0 saturated carbocycles. The second-order valence-corrected chi connectivity index (χ2v) is 6.61. The van der Waals surface area contributed by atoms with Crippen LogP contribution < -0.4 is 0 Å². The number of hydrogen-bond acceptors (Lipinski definition) is 1.